The van der Waals surface area contributed by atoms with Crippen LogP contribution in [0.15, 0.2) is 96.2 Å². The first-order valence-corrected chi connectivity index (χ1v) is 11.0. The van der Waals surface area contributed by atoms with Crippen LogP contribution >= 0.6 is 0 Å². The molecule has 0 fully saturated rings. The summed E-state index contributed by atoms with van der Waals surface area (Å²) >= 11 is 0. The van der Waals surface area contributed by atoms with Crippen molar-refractivity contribution < 1.29 is 13.5 Å². The molecule has 1 atom stereocenters. The Morgan fingerprint density at radius 1 is 0.900 bits per heavy atom. The Hall–Kier alpha value is -3.06. The zero-order valence-corrected chi connectivity index (χ0v) is 17.3. The average molecular weight is 419 g/mol. The van der Waals surface area contributed by atoms with E-state index in [1.54, 1.807) is 30.6 Å². The molecule has 1 heterocycles. The molecule has 4 rings (SSSR count). The summed E-state index contributed by atoms with van der Waals surface area (Å²) in [6.07, 6.45) is 3.22. The van der Waals surface area contributed by atoms with Gasteiger partial charge in [0.2, 0.25) is 10.0 Å². The Morgan fingerprint density at radius 3 is 2.30 bits per heavy atom. The van der Waals surface area contributed by atoms with Crippen molar-refractivity contribution in [1.82, 2.24) is 9.29 Å². The van der Waals surface area contributed by atoms with Crippen LogP contribution in [0.25, 0.3) is 21.9 Å². The molecular weight excluding hydrogens is 396 g/mol. The van der Waals surface area contributed by atoms with Crippen LogP contribution in [-0.4, -0.2) is 36.5 Å². The Labute approximate surface area is 176 Å². The lowest BCUT2D eigenvalue weighted by Gasteiger charge is -2.27. The van der Waals surface area contributed by atoms with Gasteiger partial charge in [0.15, 0.2) is 0 Å². The van der Waals surface area contributed by atoms with Gasteiger partial charge in [-0.25, -0.2) is 8.42 Å². The molecule has 1 N–H and O–H groups in total. The highest BCUT2D eigenvalue weighted by Crippen LogP contribution is 2.31. The summed E-state index contributed by atoms with van der Waals surface area (Å²) in [6.45, 7) is -0.327. The number of likely N-dealkylation sites (N-methyl/N-ethyl adjacent to an activating group) is 1. The summed E-state index contributed by atoms with van der Waals surface area (Å²) in [5.41, 5.74) is 2.84. The standard InChI is InChI=1S/C24H22N2O3S/c1-26(30(28,29)24-9-5-8-21-16-25-15-14-22(21)24)23(17-27)20-12-10-19(11-13-20)18-6-3-2-4-7-18/h2-16,23,27H,17H2,1H3. The molecule has 1 unspecified atom stereocenters. The summed E-state index contributed by atoms with van der Waals surface area (Å²) in [6, 6.07) is 23.7. The first-order chi connectivity index (χ1) is 14.5. The molecule has 30 heavy (non-hydrogen) atoms. The van der Waals surface area contributed by atoms with Gasteiger partial charge in [-0.1, -0.05) is 66.7 Å². The van der Waals surface area contributed by atoms with Crippen LogP contribution in [0.2, 0.25) is 0 Å². The number of benzene rings is 3. The van der Waals surface area contributed by atoms with E-state index < -0.39 is 16.1 Å². The Morgan fingerprint density at radius 2 is 1.60 bits per heavy atom. The summed E-state index contributed by atoms with van der Waals surface area (Å²) < 4.78 is 28.0. The number of rotatable bonds is 6. The molecule has 0 amide bonds. The number of aliphatic hydroxyl groups excluding tert-OH is 1. The molecule has 5 nitrogen and oxygen atoms in total. The predicted molar refractivity (Wildman–Crippen MR) is 118 cm³/mol. The van der Waals surface area contributed by atoms with Crippen molar-refractivity contribution in [3.05, 3.63) is 96.8 Å². The molecule has 0 bridgehead atoms. The second-order valence-corrected chi connectivity index (χ2v) is 9.03. The van der Waals surface area contributed by atoms with Crippen LogP contribution in [0, 0.1) is 0 Å². The molecule has 0 saturated carbocycles. The molecular formula is C24H22N2O3S. The van der Waals surface area contributed by atoms with Crippen molar-refractivity contribution in [2.45, 2.75) is 10.9 Å². The molecule has 0 spiro atoms. The van der Waals surface area contributed by atoms with Gasteiger partial charge in [0.05, 0.1) is 17.5 Å². The smallest absolute Gasteiger partial charge is 0.244 e. The van der Waals surface area contributed by atoms with Crippen molar-refractivity contribution in [2.75, 3.05) is 13.7 Å². The minimum Gasteiger partial charge on any atom is -0.394 e. The molecule has 0 saturated heterocycles. The third-order valence-corrected chi connectivity index (χ3v) is 7.24. The molecule has 0 aliphatic heterocycles. The van der Waals surface area contributed by atoms with Gasteiger partial charge in [0.1, 0.15) is 0 Å². The summed E-state index contributed by atoms with van der Waals surface area (Å²) in [5.74, 6) is 0. The van der Waals surface area contributed by atoms with E-state index >= 15 is 0 Å². The van der Waals surface area contributed by atoms with Gasteiger partial charge in [-0.15, -0.1) is 0 Å². The largest absolute Gasteiger partial charge is 0.394 e. The van der Waals surface area contributed by atoms with Crippen LogP contribution in [0.3, 0.4) is 0 Å². The maximum Gasteiger partial charge on any atom is 0.244 e. The van der Waals surface area contributed by atoms with Crippen LogP contribution in [0.1, 0.15) is 11.6 Å². The van der Waals surface area contributed by atoms with E-state index in [0.29, 0.717) is 5.39 Å². The third-order valence-electron chi connectivity index (χ3n) is 5.31. The number of hydrogen-bond acceptors (Lipinski definition) is 4. The molecule has 0 aliphatic carbocycles. The maximum atomic E-state index is 13.4. The van der Waals surface area contributed by atoms with Crippen LogP contribution in [0.5, 0.6) is 0 Å². The molecule has 3 aromatic carbocycles. The van der Waals surface area contributed by atoms with Crippen molar-refractivity contribution in [3.8, 4) is 11.1 Å². The SMILES string of the molecule is CN(C(CO)c1ccc(-c2ccccc2)cc1)S(=O)(=O)c1cccc2cnccc12. The minimum absolute atomic E-state index is 0.198. The van der Waals surface area contributed by atoms with Crippen LogP contribution in [-0.2, 0) is 10.0 Å². The van der Waals surface area contributed by atoms with Crippen molar-refractivity contribution in [3.63, 3.8) is 0 Å². The first-order valence-electron chi connectivity index (χ1n) is 9.59. The van der Waals surface area contributed by atoms with Gasteiger partial charge < -0.3 is 5.11 Å². The molecule has 0 aliphatic rings. The summed E-state index contributed by atoms with van der Waals surface area (Å²) in [5, 5.41) is 11.4. The van der Waals surface area contributed by atoms with Gasteiger partial charge in [-0.2, -0.15) is 4.31 Å². The molecule has 152 valence electrons. The van der Waals surface area contributed by atoms with Crippen molar-refractivity contribution >= 4 is 20.8 Å². The topological polar surface area (TPSA) is 70.5 Å². The number of nitrogens with zero attached hydrogens (tertiary/aromatic N) is 2. The van der Waals surface area contributed by atoms with E-state index in [9.17, 15) is 13.5 Å². The normalized spacial score (nSPS) is 12.9. The van der Waals surface area contributed by atoms with Gasteiger partial charge in [0.25, 0.3) is 0 Å². The Balaban J connectivity index is 1.69. The summed E-state index contributed by atoms with van der Waals surface area (Å²) in [7, 11) is -2.34. The van der Waals surface area contributed by atoms with Gasteiger partial charge in [0, 0.05) is 30.2 Å². The number of sulfonamides is 1. The van der Waals surface area contributed by atoms with Gasteiger partial charge in [-0.05, 0) is 28.8 Å². The lowest BCUT2D eigenvalue weighted by atomic mass is 10.0. The highest BCUT2D eigenvalue weighted by molar-refractivity contribution is 7.89. The first kappa shape index (κ1) is 20.2. The number of aromatic nitrogens is 1. The lowest BCUT2D eigenvalue weighted by Crippen LogP contribution is -2.33. The quantitative estimate of drug-likeness (QED) is 0.508. The molecule has 1 aromatic heterocycles. The fraction of sp³-hybridized carbons (Fsp3) is 0.125. The molecule has 4 aromatic rings. The van der Waals surface area contributed by atoms with E-state index in [2.05, 4.69) is 4.98 Å². The van der Waals surface area contributed by atoms with Crippen LogP contribution in [0.4, 0.5) is 0 Å². The van der Waals surface area contributed by atoms with Gasteiger partial charge in [-0.3, -0.25) is 4.98 Å². The Kier molecular flexibility index (Phi) is 5.63. The van der Waals surface area contributed by atoms with Crippen molar-refractivity contribution in [1.29, 1.82) is 0 Å². The zero-order valence-electron chi connectivity index (χ0n) is 16.5. The number of pyridine rings is 1. The van der Waals surface area contributed by atoms with Crippen molar-refractivity contribution in [2.24, 2.45) is 0 Å². The van der Waals surface area contributed by atoms with E-state index in [0.717, 1.165) is 22.1 Å². The van der Waals surface area contributed by atoms with Crippen LogP contribution < -0.4 is 0 Å². The summed E-state index contributed by atoms with van der Waals surface area (Å²) in [4.78, 5) is 4.26. The lowest BCUT2D eigenvalue weighted by molar-refractivity contribution is 0.204. The van der Waals surface area contributed by atoms with E-state index in [-0.39, 0.29) is 11.5 Å². The second-order valence-electron chi connectivity index (χ2n) is 7.06. The highest BCUT2D eigenvalue weighted by Gasteiger charge is 2.30. The average Bonchev–Trinajstić information content (AvgIpc) is 2.80. The van der Waals surface area contributed by atoms with Gasteiger partial charge >= 0.3 is 0 Å². The number of fused-ring (bicyclic) bond motifs is 1. The minimum atomic E-state index is -3.84. The maximum absolute atomic E-state index is 13.4. The van der Waals surface area contributed by atoms with E-state index in [1.165, 1.54) is 11.4 Å². The zero-order chi connectivity index (χ0) is 21.1. The highest BCUT2D eigenvalue weighted by atomic mass is 32.2. The monoisotopic (exact) mass is 418 g/mol. The number of hydrogen-bond donors (Lipinski definition) is 1. The fourth-order valence-corrected chi connectivity index (χ4v) is 5.15. The molecule has 0 radical (unpaired) electrons. The van der Waals surface area contributed by atoms with E-state index in [4.69, 9.17) is 0 Å². The second kappa shape index (κ2) is 8.36. The third kappa shape index (κ3) is 3.73. The Bertz CT molecular complexity index is 1250. The predicted octanol–water partition coefficient (Wildman–Crippen LogP) is 4.26. The fourth-order valence-electron chi connectivity index (χ4n) is 3.60. The number of aliphatic hydroxyl groups is 1. The molecule has 6 heteroatoms. The van der Waals surface area contributed by atoms with E-state index in [1.807, 2.05) is 60.7 Å².